The molecule has 4 atom stereocenters. The van der Waals surface area contributed by atoms with Gasteiger partial charge < -0.3 is 10.6 Å². The fourth-order valence-electron chi connectivity index (χ4n) is 1.89. The Balaban J connectivity index is 2.71. The quantitative estimate of drug-likeness (QED) is 0.753. The molecule has 1 heterocycles. The average Bonchev–Trinajstić information content (AvgIpc) is 2.29. The van der Waals surface area contributed by atoms with E-state index in [1.807, 2.05) is 27.7 Å². The largest absolute Gasteiger partial charge is 0.342 e. The molecule has 0 aliphatic carbocycles. The van der Waals surface area contributed by atoms with E-state index in [1.165, 1.54) is 0 Å². The van der Waals surface area contributed by atoms with Crippen molar-refractivity contribution in [2.45, 2.75) is 52.6 Å². The molecular weight excluding hydrogens is 204 g/mol. The topological polar surface area (TPSA) is 58.2 Å². The SMILES string of the molecule is CC[C@H](C)[C@@H]1NC(=O)[C@@H]([C@@H](C)CC)NC1=O. The van der Waals surface area contributed by atoms with Gasteiger partial charge in [-0.1, -0.05) is 40.5 Å². The van der Waals surface area contributed by atoms with Gasteiger partial charge in [-0.05, 0) is 11.8 Å². The van der Waals surface area contributed by atoms with Crippen LogP contribution in [0, 0.1) is 11.8 Å². The summed E-state index contributed by atoms with van der Waals surface area (Å²) in [6.45, 7) is 8.00. The molecule has 92 valence electrons. The maximum absolute atomic E-state index is 11.8. The van der Waals surface area contributed by atoms with Gasteiger partial charge in [-0.3, -0.25) is 9.59 Å². The second-order valence-electron chi connectivity index (χ2n) is 4.74. The van der Waals surface area contributed by atoms with E-state index in [2.05, 4.69) is 10.6 Å². The van der Waals surface area contributed by atoms with Gasteiger partial charge in [-0.15, -0.1) is 0 Å². The van der Waals surface area contributed by atoms with E-state index < -0.39 is 0 Å². The molecule has 4 nitrogen and oxygen atoms in total. The van der Waals surface area contributed by atoms with Crippen LogP contribution in [0.25, 0.3) is 0 Å². The first-order valence-corrected chi connectivity index (χ1v) is 6.12. The molecule has 16 heavy (non-hydrogen) atoms. The molecule has 0 bridgehead atoms. The van der Waals surface area contributed by atoms with Crippen molar-refractivity contribution in [3.05, 3.63) is 0 Å². The zero-order valence-corrected chi connectivity index (χ0v) is 10.5. The van der Waals surface area contributed by atoms with Crippen LogP contribution in [0.5, 0.6) is 0 Å². The van der Waals surface area contributed by atoms with Gasteiger partial charge in [-0.2, -0.15) is 0 Å². The summed E-state index contributed by atoms with van der Waals surface area (Å²) in [7, 11) is 0. The summed E-state index contributed by atoms with van der Waals surface area (Å²) >= 11 is 0. The lowest BCUT2D eigenvalue weighted by Crippen LogP contribution is -2.65. The Bertz CT molecular complexity index is 250. The van der Waals surface area contributed by atoms with Crippen LogP contribution in [0.4, 0.5) is 0 Å². The second kappa shape index (κ2) is 5.32. The van der Waals surface area contributed by atoms with Gasteiger partial charge >= 0.3 is 0 Å². The van der Waals surface area contributed by atoms with Crippen molar-refractivity contribution < 1.29 is 9.59 Å². The van der Waals surface area contributed by atoms with E-state index in [1.54, 1.807) is 0 Å². The number of piperazine rings is 1. The summed E-state index contributed by atoms with van der Waals surface area (Å²) in [5, 5.41) is 5.66. The number of rotatable bonds is 4. The minimum atomic E-state index is -0.363. The molecular formula is C12H22N2O2. The Kier molecular flexibility index (Phi) is 4.33. The lowest BCUT2D eigenvalue weighted by atomic mass is 9.91. The molecule has 2 amide bonds. The number of hydrogen-bond donors (Lipinski definition) is 2. The van der Waals surface area contributed by atoms with Gasteiger partial charge in [0.1, 0.15) is 12.1 Å². The first kappa shape index (κ1) is 13.0. The van der Waals surface area contributed by atoms with Crippen LogP contribution in [0.3, 0.4) is 0 Å². The fraction of sp³-hybridized carbons (Fsp3) is 0.833. The molecule has 0 spiro atoms. The lowest BCUT2D eigenvalue weighted by molar-refractivity contribution is -0.139. The van der Waals surface area contributed by atoms with Crippen molar-refractivity contribution >= 4 is 11.8 Å². The standard InChI is InChI=1S/C12H22N2O2/c1-5-7(3)9-11(15)14-10(8(4)6-2)12(16)13-9/h7-10H,5-6H2,1-4H3,(H,13,16)(H,14,15)/t7-,8-,9-,10+/m0/s1. The van der Waals surface area contributed by atoms with Gasteiger partial charge in [-0.25, -0.2) is 0 Å². The molecule has 0 radical (unpaired) electrons. The van der Waals surface area contributed by atoms with E-state index in [0.717, 1.165) is 12.8 Å². The highest BCUT2D eigenvalue weighted by molar-refractivity contribution is 5.97. The highest BCUT2D eigenvalue weighted by Crippen LogP contribution is 2.16. The van der Waals surface area contributed by atoms with Crippen molar-refractivity contribution in [1.82, 2.24) is 10.6 Å². The van der Waals surface area contributed by atoms with Crippen LogP contribution >= 0.6 is 0 Å². The van der Waals surface area contributed by atoms with Crippen LogP contribution in [0.1, 0.15) is 40.5 Å². The number of hydrogen-bond acceptors (Lipinski definition) is 2. The van der Waals surface area contributed by atoms with E-state index in [-0.39, 0.29) is 35.7 Å². The Morgan fingerprint density at radius 3 is 1.50 bits per heavy atom. The molecule has 1 rings (SSSR count). The normalized spacial score (nSPS) is 29.2. The number of nitrogens with one attached hydrogen (secondary N) is 2. The third kappa shape index (κ3) is 2.54. The predicted octanol–water partition coefficient (Wildman–Crippen LogP) is 1.06. The van der Waals surface area contributed by atoms with Gasteiger partial charge in [0, 0.05) is 0 Å². The summed E-state index contributed by atoms with van der Waals surface area (Å²) < 4.78 is 0. The molecule has 2 N–H and O–H groups in total. The molecule has 4 heteroatoms. The number of carbonyl (C=O) groups is 2. The Labute approximate surface area is 97.2 Å². The highest BCUT2D eigenvalue weighted by Gasteiger charge is 2.37. The van der Waals surface area contributed by atoms with Crippen LogP contribution < -0.4 is 10.6 Å². The van der Waals surface area contributed by atoms with Gasteiger partial charge in [0.05, 0.1) is 0 Å². The summed E-state index contributed by atoms with van der Waals surface area (Å²) in [5.74, 6) is 0.280. The summed E-state index contributed by atoms with van der Waals surface area (Å²) in [5.41, 5.74) is 0. The Morgan fingerprint density at radius 2 is 1.25 bits per heavy atom. The van der Waals surface area contributed by atoms with Crippen molar-refractivity contribution in [1.29, 1.82) is 0 Å². The maximum atomic E-state index is 11.8. The first-order chi connectivity index (χ1) is 7.51. The summed E-state index contributed by atoms with van der Waals surface area (Å²) in [6.07, 6.45) is 1.76. The highest BCUT2D eigenvalue weighted by atomic mass is 16.2. The van der Waals surface area contributed by atoms with E-state index in [0.29, 0.717) is 0 Å². The average molecular weight is 226 g/mol. The Hall–Kier alpha value is -1.06. The third-order valence-electron chi connectivity index (χ3n) is 3.59. The lowest BCUT2D eigenvalue weighted by Gasteiger charge is -2.34. The molecule has 1 aliphatic rings. The first-order valence-electron chi connectivity index (χ1n) is 6.12. The molecule has 0 aromatic rings. The molecule has 0 aromatic heterocycles. The predicted molar refractivity (Wildman–Crippen MR) is 62.8 cm³/mol. The Morgan fingerprint density at radius 1 is 0.938 bits per heavy atom. The van der Waals surface area contributed by atoms with Crippen LogP contribution in [0.15, 0.2) is 0 Å². The molecule has 1 aliphatic heterocycles. The zero-order valence-electron chi connectivity index (χ0n) is 10.5. The van der Waals surface area contributed by atoms with Gasteiger partial charge in [0.25, 0.3) is 0 Å². The monoisotopic (exact) mass is 226 g/mol. The maximum Gasteiger partial charge on any atom is 0.243 e. The fourth-order valence-corrected chi connectivity index (χ4v) is 1.89. The van der Waals surface area contributed by atoms with Crippen LogP contribution in [-0.4, -0.2) is 23.9 Å². The number of amides is 2. The molecule has 0 unspecified atom stereocenters. The van der Waals surface area contributed by atoms with Crippen molar-refractivity contribution in [3.63, 3.8) is 0 Å². The van der Waals surface area contributed by atoms with Crippen molar-refractivity contribution in [2.24, 2.45) is 11.8 Å². The molecule has 0 aromatic carbocycles. The van der Waals surface area contributed by atoms with E-state index >= 15 is 0 Å². The third-order valence-corrected chi connectivity index (χ3v) is 3.59. The molecule has 0 saturated carbocycles. The van der Waals surface area contributed by atoms with Gasteiger partial charge in [0.15, 0.2) is 0 Å². The number of carbonyl (C=O) groups excluding carboxylic acids is 2. The smallest absolute Gasteiger partial charge is 0.243 e. The molecule has 1 fully saturated rings. The van der Waals surface area contributed by atoms with E-state index in [9.17, 15) is 9.59 Å². The summed E-state index contributed by atoms with van der Waals surface area (Å²) in [4.78, 5) is 23.7. The van der Waals surface area contributed by atoms with Crippen LogP contribution in [-0.2, 0) is 9.59 Å². The zero-order chi connectivity index (χ0) is 12.3. The minimum absolute atomic E-state index is 0.0424. The minimum Gasteiger partial charge on any atom is -0.342 e. The van der Waals surface area contributed by atoms with E-state index in [4.69, 9.17) is 0 Å². The summed E-state index contributed by atoms with van der Waals surface area (Å²) in [6, 6.07) is -0.726. The van der Waals surface area contributed by atoms with Crippen molar-refractivity contribution in [2.75, 3.05) is 0 Å². The van der Waals surface area contributed by atoms with Crippen molar-refractivity contribution in [3.8, 4) is 0 Å². The molecule has 1 saturated heterocycles. The van der Waals surface area contributed by atoms with Gasteiger partial charge in [0.2, 0.25) is 11.8 Å². The second-order valence-corrected chi connectivity index (χ2v) is 4.74. The van der Waals surface area contributed by atoms with Crippen LogP contribution in [0.2, 0.25) is 0 Å².